The molecule has 0 saturated carbocycles. The number of carbonyl (C=O) groups excluding carboxylic acids is 1. The Labute approximate surface area is 158 Å². The summed E-state index contributed by atoms with van der Waals surface area (Å²) in [5.41, 5.74) is 6.96. The molecule has 7 nitrogen and oxygen atoms in total. The smallest absolute Gasteiger partial charge is 0.321 e. The van der Waals surface area contributed by atoms with Gasteiger partial charge in [0.05, 0.1) is 5.41 Å². The minimum atomic E-state index is -0.558. The molecule has 26 heavy (non-hydrogen) atoms. The highest BCUT2D eigenvalue weighted by molar-refractivity contribution is 5.96. The predicted octanol–water partition coefficient (Wildman–Crippen LogP) is 2.69. The summed E-state index contributed by atoms with van der Waals surface area (Å²) in [6, 6.07) is 7.43. The van der Waals surface area contributed by atoms with Gasteiger partial charge >= 0.3 is 6.01 Å². The Balaban J connectivity index is 0.00000243. The number of ether oxygens (including phenoxy) is 2. The van der Waals surface area contributed by atoms with Gasteiger partial charge in [-0.05, 0) is 49.6 Å². The van der Waals surface area contributed by atoms with Crippen molar-refractivity contribution in [3.8, 4) is 11.8 Å². The van der Waals surface area contributed by atoms with Crippen molar-refractivity contribution in [2.24, 2.45) is 11.1 Å². The van der Waals surface area contributed by atoms with Crippen LogP contribution < -0.4 is 15.8 Å². The fraction of sp³-hybridized carbons (Fsp3) is 0.389. The monoisotopic (exact) mass is 378 g/mol. The van der Waals surface area contributed by atoms with Gasteiger partial charge in [-0.15, -0.1) is 12.4 Å². The number of nitrogens with one attached hydrogen (secondary N) is 1. The Kier molecular flexibility index (Phi) is 6.90. The van der Waals surface area contributed by atoms with Gasteiger partial charge in [-0.1, -0.05) is 0 Å². The molecule has 2 heterocycles. The van der Waals surface area contributed by atoms with Crippen molar-refractivity contribution >= 4 is 24.0 Å². The molecule has 0 unspecified atom stereocenters. The molecule has 1 aliphatic rings. The second kappa shape index (κ2) is 8.93. The number of amides is 1. The molecule has 0 atom stereocenters. The fourth-order valence-electron chi connectivity index (χ4n) is 2.82. The summed E-state index contributed by atoms with van der Waals surface area (Å²) in [6.07, 6.45) is 4.51. The Bertz CT molecular complexity index is 736. The zero-order valence-electron chi connectivity index (χ0n) is 14.6. The lowest BCUT2D eigenvalue weighted by Gasteiger charge is -2.34. The first-order valence-electron chi connectivity index (χ1n) is 8.28. The van der Waals surface area contributed by atoms with Crippen LogP contribution in [-0.4, -0.2) is 35.6 Å². The lowest BCUT2D eigenvalue weighted by molar-refractivity contribution is -0.130. The van der Waals surface area contributed by atoms with Gasteiger partial charge < -0.3 is 20.5 Å². The van der Waals surface area contributed by atoms with Crippen LogP contribution in [0.25, 0.3) is 0 Å². The van der Waals surface area contributed by atoms with E-state index >= 15 is 0 Å². The number of carbonyl (C=O) groups is 1. The van der Waals surface area contributed by atoms with Gasteiger partial charge in [0.2, 0.25) is 5.91 Å². The molecule has 0 aliphatic carbocycles. The van der Waals surface area contributed by atoms with E-state index in [0.717, 1.165) is 11.3 Å². The SMILES string of the molecule is Cc1cc(Oc2ncccn2)ccc1NC(=O)C1(CN)CCOCC1.Cl. The summed E-state index contributed by atoms with van der Waals surface area (Å²) in [5, 5.41) is 3.00. The first kappa shape index (κ1) is 20.1. The molecule has 3 rings (SSSR count). The molecule has 0 radical (unpaired) electrons. The van der Waals surface area contributed by atoms with E-state index in [9.17, 15) is 4.79 Å². The van der Waals surface area contributed by atoms with Gasteiger partial charge in [0.1, 0.15) is 5.75 Å². The number of benzene rings is 1. The molecule has 1 amide bonds. The summed E-state index contributed by atoms with van der Waals surface area (Å²) in [4.78, 5) is 20.8. The molecule has 0 bridgehead atoms. The first-order chi connectivity index (χ1) is 12.1. The number of anilines is 1. The van der Waals surface area contributed by atoms with Gasteiger partial charge in [-0.25, -0.2) is 9.97 Å². The normalized spacial score (nSPS) is 15.6. The number of nitrogens with two attached hydrogens (primary N) is 1. The van der Waals surface area contributed by atoms with E-state index in [-0.39, 0.29) is 24.3 Å². The molecule has 1 aromatic heterocycles. The van der Waals surface area contributed by atoms with Gasteiger partial charge in [0, 0.05) is 37.8 Å². The summed E-state index contributed by atoms with van der Waals surface area (Å²) < 4.78 is 11.0. The standard InChI is InChI=1S/C18H22N4O3.ClH/c1-13-11-14(25-17-20-7-2-8-21-17)3-4-15(13)22-16(23)18(12-19)5-9-24-10-6-18;/h2-4,7-8,11H,5-6,9-10,12,19H2,1H3,(H,22,23);1H. The van der Waals surface area contributed by atoms with Crippen LogP contribution in [0.15, 0.2) is 36.7 Å². The van der Waals surface area contributed by atoms with E-state index < -0.39 is 5.41 Å². The molecule has 3 N–H and O–H groups in total. The van der Waals surface area contributed by atoms with Crippen LogP contribution in [0.4, 0.5) is 5.69 Å². The van der Waals surface area contributed by atoms with Crippen LogP contribution in [0.2, 0.25) is 0 Å². The maximum Gasteiger partial charge on any atom is 0.321 e. The average Bonchev–Trinajstić information content (AvgIpc) is 2.65. The fourth-order valence-corrected chi connectivity index (χ4v) is 2.82. The van der Waals surface area contributed by atoms with Gasteiger partial charge in [0.25, 0.3) is 0 Å². The van der Waals surface area contributed by atoms with Crippen molar-refractivity contribution in [3.05, 3.63) is 42.2 Å². The highest BCUT2D eigenvalue weighted by Gasteiger charge is 2.38. The second-order valence-corrected chi connectivity index (χ2v) is 6.16. The van der Waals surface area contributed by atoms with Crippen LogP contribution in [0.1, 0.15) is 18.4 Å². The number of hydrogen-bond acceptors (Lipinski definition) is 6. The van der Waals surface area contributed by atoms with Crippen LogP contribution in [0, 0.1) is 12.3 Å². The molecular weight excluding hydrogens is 356 g/mol. The number of rotatable bonds is 5. The maximum absolute atomic E-state index is 12.8. The number of nitrogens with zero attached hydrogens (tertiary/aromatic N) is 2. The van der Waals surface area contributed by atoms with E-state index in [0.29, 0.717) is 38.3 Å². The van der Waals surface area contributed by atoms with Crippen molar-refractivity contribution in [1.82, 2.24) is 9.97 Å². The van der Waals surface area contributed by atoms with Crippen molar-refractivity contribution in [2.45, 2.75) is 19.8 Å². The Morgan fingerprint density at radius 1 is 1.31 bits per heavy atom. The number of aromatic nitrogens is 2. The van der Waals surface area contributed by atoms with E-state index in [2.05, 4.69) is 15.3 Å². The van der Waals surface area contributed by atoms with E-state index in [1.54, 1.807) is 24.5 Å². The van der Waals surface area contributed by atoms with Crippen molar-refractivity contribution in [2.75, 3.05) is 25.1 Å². The van der Waals surface area contributed by atoms with E-state index in [1.165, 1.54) is 0 Å². The van der Waals surface area contributed by atoms with Crippen LogP contribution in [0.3, 0.4) is 0 Å². The topological polar surface area (TPSA) is 99.4 Å². The number of halogens is 1. The van der Waals surface area contributed by atoms with Gasteiger partial charge in [-0.2, -0.15) is 0 Å². The second-order valence-electron chi connectivity index (χ2n) is 6.16. The Morgan fingerprint density at radius 2 is 2.00 bits per heavy atom. The summed E-state index contributed by atoms with van der Waals surface area (Å²) in [7, 11) is 0. The summed E-state index contributed by atoms with van der Waals surface area (Å²) in [5.74, 6) is 0.558. The third kappa shape index (κ3) is 4.49. The maximum atomic E-state index is 12.8. The van der Waals surface area contributed by atoms with E-state index in [4.69, 9.17) is 15.2 Å². The zero-order valence-corrected chi connectivity index (χ0v) is 15.4. The number of aryl methyl sites for hydroxylation is 1. The molecule has 1 aliphatic heterocycles. The lowest BCUT2D eigenvalue weighted by Crippen LogP contribution is -2.46. The highest BCUT2D eigenvalue weighted by Crippen LogP contribution is 2.32. The quantitative estimate of drug-likeness (QED) is 0.829. The average molecular weight is 379 g/mol. The molecule has 2 aromatic rings. The van der Waals surface area contributed by atoms with Crippen LogP contribution in [-0.2, 0) is 9.53 Å². The molecule has 140 valence electrons. The van der Waals surface area contributed by atoms with Crippen LogP contribution >= 0.6 is 12.4 Å². The third-order valence-corrected chi connectivity index (χ3v) is 4.52. The predicted molar refractivity (Wildman–Crippen MR) is 101 cm³/mol. The van der Waals surface area contributed by atoms with Crippen molar-refractivity contribution in [3.63, 3.8) is 0 Å². The molecule has 1 fully saturated rings. The van der Waals surface area contributed by atoms with E-state index in [1.807, 2.05) is 19.1 Å². The molecular formula is C18H23ClN4O3. The first-order valence-corrected chi connectivity index (χ1v) is 8.28. The Hall–Kier alpha value is -2.22. The van der Waals surface area contributed by atoms with Gasteiger partial charge in [-0.3, -0.25) is 4.79 Å². The molecule has 1 aromatic carbocycles. The molecule has 8 heteroatoms. The summed E-state index contributed by atoms with van der Waals surface area (Å²) >= 11 is 0. The van der Waals surface area contributed by atoms with Crippen LogP contribution in [0.5, 0.6) is 11.8 Å². The lowest BCUT2D eigenvalue weighted by atomic mass is 9.79. The van der Waals surface area contributed by atoms with Gasteiger partial charge in [0.15, 0.2) is 0 Å². The minimum Gasteiger partial charge on any atom is -0.424 e. The molecule has 0 spiro atoms. The molecule has 1 saturated heterocycles. The van der Waals surface area contributed by atoms with Crippen molar-refractivity contribution < 1.29 is 14.3 Å². The van der Waals surface area contributed by atoms with Crippen molar-refractivity contribution in [1.29, 1.82) is 0 Å². The zero-order chi connectivity index (χ0) is 17.7. The number of hydrogen-bond donors (Lipinski definition) is 2. The minimum absolute atomic E-state index is 0. The Morgan fingerprint density at radius 3 is 2.62 bits per heavy atom. The highest BCUT2D eigenvalue weighted by atomic mass is 35.5. The third-order valence-electron chi connectivity index (χ3n) is 4.52. The summed E-state index contributed by atoms with van der Waals surface area (Å²) in [6.45, 7) is 3.35. The largest absolute Gasteiger partial charge is 0.424 e.